The van der Waals surface area contributed by atoms with Gasteiger partial charge in [-0.15, -0.1) is 0 Å². The molecular weight excluding hydrogens is 170 g/mol. The molecule has 2 unspecified atom stereocenters. The second kappa shape index (κ2) is 3.84. The quantitative estimate of drug-likeness (QED) is 0.712. The van der Waals surface area contributed by atoms with Crippen molar-refractivity contribution in [3.05, 3.63) is 0 Å². The van der Waals surface area contributed by atoms with E-state index in [4.69, 9.17) is 0 Å². The summed E-state index contributed by atoms with van der Waals surface area (Å²) in [6.45, 7) is 7.22. The number of rotatable bonds is 2. The highest BCUT2D eigenvalue weighted by molar-refractivity contribution is 4.93. The summed E-state index contributed by atoms with van der Waals surface area (Å²) >= 11 is 0. The van der Waals surface area contributed by atoms with Crippen LogP contribution in [0.4, 0.5) is 0 Å². The molecule has 1 heteroatoms. The first-order valence-electron chi connectivity index (χ1n) is 6.33. The van der Waals surface area contributed by atoms with Gasteiger partial charge < -0.3 is 5.32 Å². The maximum Gasteiger partial charge on any atom is 0.0103 e. The zero-order valence-corrected chi connectivity index (χ0v) is 9.97. The molecule has 0 aromatic rings. The highest BCUT2D eigenvalue weighted by atomic mass is 15.0. The predicted molar refractivity (Wildman–Crippen MR) is 61.4 cm³/mol. The summed E-state index contributed by atoms with van der Waals surface area (Å²) in [6.07, 6.45) is 8.59. The molecule has 0 aliphatic heterocycles. The van der Waals surface area contributed by atoms with Crippen molar-refractivity contribution in [1.29, 1.82) is 0 Å². The van der Waals surface area contributed by atoms with Crippen LogP contribution in [0, 0.1) is 11.3 Å². The average Bonchev–Trinajstić information content (AvgIpc) is 2.87. The topological polar surface area (TPSA) is 12.0 Å². The summed E-state index contributed by atoms with van der Waals surface area (Å²) in [6, 6.07) is 1.69. The third-order valence-electron chi connectivity index (χ3n) is 3.91. The van der Waals surface area contributed by atoms with Crippen LogP contribution >= 0.6 is 0 Å². The van der Waals surface area contributed by atoms with Gasteiger partial charge in [-0.3, -0.25) is 0 Å². The zero-order valence-electron chi connectivity index (χ0n) is 9.97. The molecule has 2 saturated carbocycles. The first kappa shape index (κ1) is 10.5. The van der Waals surface area contributed by atoms with Crippen molar-refractivity contribution in [2.45, 2.75) is 71.4 Å². The van der Waals surface area contributed by atoms with Crippen molar-refractivity contribution in [2.24, 2.45) is 11.3 Å². The van der Waals surface area contributed by atoms with Gasteiger partial charge in [-0.2, -0.15) is 0 Å². The summed E-state index contributed by atoms with van der Waals surface area (Å²) in [4.78, 5) is 0. The van der Waals surface area contributed by atoms with Crippen molar-refractivity contribution >= 4 is 0 Å². The van der Waals surface area contributed by atoms with Crippen LogP contribution in [0.25, 0.3) is 0 Å². The maximum absolute atomic E-state index is 3.85. The highest BCUT2D eigenvalue weighted by Gasteiger charge is 2.36. The smallest absolute Gasteiger partial charge is 0.0103 e. The monoisotopic (exact) mass is 195 g/mol. The van der Waals surface area contributed by atoms with E-state index in [1.165, 1.54) is 38.5 Å². The molecule has 0 spiro atoms. The minimum absolute atomic E-state index is 0.493. The molecule has 0 aromatic carbocycles. The molecule has 14 heavy (non-hydrogen) atoms. The lowest BCUT2D eigenvalue weighted by molar-refractivity contribution is 0.130. The Morgan fingerprint density at radius 1 is 0.929 bits per heavy atom. The summed E-state index contributed by atoms with van der Waals surface area (Å²) in [7, 11) is 0. The first-order chi connectivity index (χ1) is 6.57. The van der Waals surface area contributed by atoms with Crippen LogP contribution in [0.2, 0.25) is 0 Å². The average molecular weight is 195 g/mol. The zero-order chi connectivity index (χ0) is 10.2. The van der Waals surface area contributed by atoms with Gasteiger partial charge in [-0.05, 0) is 37.0 Å². The van der Waals surface area contributed by atoms with Gasteiger partial charge in [-0.1, -0.05) is 33.6 Å². The molecule has 2 rings (SSSR count). The first-order valence-corrected chi connectivity index (χ1v) is 6.33. The fourth-order valence-corrected chi connectivity index (χ4v) is 2.92. The molecule has 2 aliphatic rings. The van der Waals surface area contributed by atoms with Gasteiger partial charge in [0.25, 0.3) is 0 Å². The number of nitrogens with one attached hydrogen (secondary N) is 1. The normalized spacial score (nSPS) is 34.5. The third kappa shape index (κ3) is 2.50. The van der Waals surface area contributed by atoms with Gasteiger partial charge in [-0.25, -0.2) is 0 Å². The number of hydrogen-bond acceptors (Lipinski definition) is 1. The number of hydrogen-bond donors (Lipinski definition) is 1. The van der Waals surface area contributed by atoms with E-state index in [2.05, 4.69) is 26.1 Å². The van der Waals surface area contributed by atoms with Crippen LogP contribution in [0.15, 0.2) is 0 Å². The molecule has 0 amide bonds. The van der Waals surface area contributed by atoms with Crippen LogP contribution < -0.4 is 5.32 Å². The van der Waals surface area contributed by atoms with Crippen molar-refractivity contribution in [3.8, 4) is 0 Å². The molecule has 2 fully saturated rings. The molecule has 0 heterocycles. The summed E-state index contributed by atoms with van der Waals surface area (Å²) in [5.41, 5.74) is 0.493. The molecular formula is C13H25N. The molecule has 2 atom stereocenters. The van der Waals surface area contributed by atoms with Crippen molar-refractivity contribution in [1.82, 2.24) is 5.32 Å². The van der Waals surface area contributed by atoms with E-state index < -0.39 is 0 Å². The van der Waals surface area contributed by atoms with Crippen LogP contribution in [0.3, 0.4) is 0 Å². The SMILES string of the molecule is CC(C)(C)C1CCCCC1NC1CC1. The second-order valence-corrected chi connectivity index (χ2v) is 6.30. The Labute approximate surface area is 88.7 Å². The van der Waals surface area contributed by atoms with Gasteiger partial charge in [0.15, 0.2) is 0 Å². The second-order valence-electron chi connectivity index (χ2n) is 6.30. The van der Waals surface area contributed by atoms with E-state index >= 15 is 0 Å². The fraction of sp³-hybridized carbons (Fsp3) is 1.00. The lowest BCUT2D eigenvalue weighted by Crippen LogP contribution is -2.45. The Hall–Kier alpha value is -0.0400. The maximum atomic E-state index is 3.85. The lowest BCUT2D eigenvalue weighted by atomic mass is 9.69. The van der Waals surface area contributed by atoms with Crippen LogP contribution in [0.1, 0.15) is 59.3 Å². The molecule has 1 nitrogen and oxygen atoms in total. The van der Waals surface area contributed by atoms with E-state index in [-0.39, 0.29) is 0 Å². The minimum Gasteiger partial charge on any atom is -0.311 e. The Kier molecular flexibility index (Phi) is 2.88. The van der Waals surface area contributed by atoms with Crippen molar-refractivity contribution < 1.29 is 0 Å². The fourth-order valence-electron chi connectivity index (χ4n) is 2.92. The Morgan fingerprint density at radius 3 is 2.14 bits per heavy atom. The van der Waals surface area contributed by atoms with Crippen molar-refractivity contribution in [3.63, 3.8) is 0 Å². The molecule has 0 saturated heterocycles. The van der Waals surface area contributed by atoms with E-state index in [1.54, 1.807) is 0 Å². The molecule has 0 aromatic heterocycles. The largest absolute Gasteiger partial charge is 0.311 e. The molecule has 0 bridgehead atoms. The molecule has 2 aliphatic carbocycles. The Balaban J connectivity index is 1.95. The summed E-state index contributed by atoms with van der Waals surface area (Å²) in [5.74, 6) is 0.900. The lowest BCUT2D eigenvalue weighted by Gasteiger charge is -2.41. The van der Waals surface area contributed by atoms with Crippen LogP contribution in [0.5, 0.6) is 0 Å². The predicted octanol–water partition coefficient (Wildman–Crippen LogP) is 3.34. The van der Waals surface area contributed by atoms with Crippen LogP contribution in [-0.2, 0) is 0 Å². The molecule has 0 radical (unpaired) electrons. The summed E-state index contributed by atoms with van der Waals surface area (Å²) in [5, 5.41) is 3.85. The Morgan fingerprint density at radius 2 is 1.57 bits per heavy atom. The highest BCUT2D eigenvalue weighted by Crippen LogP contribution is 2.39. The summed E-state index contributed by atoms with van der Waals surface area (Å²) < 4.78 is 0. The molecule has 82 valence electrons. The van der Waals surface area contributed by atoms with Crippen LogP contribution in [-0.4, -0.2) is 12.1 Å². The Bertz CT molecular complexity index is 188. The minimum atomic E-state index is 0.493. The standard InChI is InChI=1S/C13H25N/c1-13(2,3)11-6-4-5-7-12(11)14-10-8-9-10/h10-12,14H,4-9H2,1-3H3. The van der Waals surface area contributed by atoms with E-state index in [0.717, 1.165) is 18.0 Å². The van der Waals surface area contributed by atoms with E-state index in [1.807, 2.05) is 0 Å². The molecule has 1 N–H and O–H groups in total. The van der Waals surface area contributed by atoms with Gasteiger partial charge in [0, 0.05) is 12.1 Å². The van der Waals surface area contributed by atoms with E-state index in [9.17, 15) is 0 Å². The van der Waals surface area contributed by atoms with Gasteiger partial charge in [0.1, 0.15) is 0 Å². The van der Waals surface area contributed by atoms with Gasteiger partial charge in [0.05, 0.1) is 0 Å². The van der Waals surface area contributed by atoms with Gasteiger partial charge >= 0.3 is 0 Å². The van der Waals surface area contributed by atoms with Gasteiger partial charge in [0.2, 0.25) is 0 Å². The third-order valence-corrected chi connectivity index (χ3v) is 3.91. The van der Waals surface area contributed by atoms with E-state index in [0.29, 0.717) is 5.41 Å². The van der Waals surface area contributed by atoms with Crippen molar-refractivity contribution in [2.75, 3.05) is 0 Å².